The number of para-hydroxylation sites is 1. The van der Waals surface area contributed by atoms with E-state index in [1.807, 2.05) is 44.3 Å². The maximum absolute atomic E-state index is 6.08. The van der Waals surface area contributed by atoms with E-state index in [1.54, 1.807) is 0 Å². The molecule has 3 rings (SSSR count). The lowest BCUT2D eigenvalue weighted by Gasteiger charge is -2.13. The quantitative estimate of drug-likeness (QED) is 0.655. The Bertz CT molecular complexity index is 862. The highest BCUT2D eigenvalue weighted by atomic mass is 35.5. The molecule has 2 N–H and O–H groups in total. The standard InChI is InChI=1S/C18H17Cl2N3/c1-11-8-17(13-4-3-5-16(21-2)18(13)23-11)22-10-12-6-7-14(19)15(20)9-12/h3-9,21H,10H2,1-2H3,(H,22,23). The molecular formula is C18H17Cl2N3. The van der Waals surface area contributed by atoms with E-state index in [4.69, 9.17) is 23.2 Å². The first kappa shape index (κ1) is 15.9. The van der Waals surface area contributed by atoms with Crippen LogP contribution >= 0.6 is 23.2 Å². The third-order valence-electron chi connectivity index (χ3n) is 3.70. The summed E-state index contributed by atoms with van der Waals surface area (Å²) in [6.07, 6.45) is 0. The molecule has 0 fully saturated rings. The van der Waals surface area contributed by atoms with Gasteiger partial charge in [0.1, 0.15) is 0 Å². The average Bonchev–Trinajstić information content (AvgIpc) is 2.55. The molecule has 1 aromatic heterocycles. The smallest absolute Gasteiger partial charge is 0.0957 e. The Kier molecular flexibility index (Phi) is 4.60. The molecule has 0 unspecified atom stereocenters. The molecule has 0 bridgehead atoms. The number of anilines is 2. The zero-order valence-corrected chi connectivity index (χ0v) is 14.5. The molecule has 1 heterocycles. The van der Waals surface area contributed by atoms with Gasteiger partial charge in [-0.15, -0.1) is 0 Å². The topological polar surface area (TPSA) is 37.0 Å². The van der Waals surface area contributed by atoms with Crippen LogP contribution in [-0.4, -0.2) is 12.0 Å². The molecule has 0 radical (unpaired) electrons. The minimum absolute atomic E-state index is 0.569. The number of rotatable bonds is 4. The summed E-state index contributed by atoms with van der Waals surface area (Å²) in [6.45, 7) is 2.66. The van der Waals surface area contributed by atoms with E-state index in [0.717, 1.165) is 33.5 Å². The number of nitrogens with one attached hydrogen (secondary N) is 2. The molecule has 0 aliphatic rings. The molecule has 2 aromatic carbocycles. The second-order valence-corrected chi connectivity index (χ2v) is 6.18. The number of hydrogen-bond donors (Lipinski definition) is 2. The zero-order chi connectivity index (χ0) is 16.4. The second-order valence-electron chi connectivity index (χ2n) is 5.36. The van der Waals surface area contributed by atoms with Crippen molar-refractivity contribution in [2.45, 2.75) is 13.5 Å². The summed E-state index contributed by atoms with van der Waals surface area (Å²) in [6, 6.07) is 13.8. The number of halogens is 2. The van der Waals surface area contributed by atoms with Crippen LogP contribution in [0, 0.1) is 6.92 Å². The molecule has 0 amide bonds. The first-order valence-corrected chi connectivity index (χ1v) is 8.10. The van der Waals surface area contributed by atoms with Crippen molar-refractivity contribution in [1.29, 1.82) is 0 Å². The Morgan fingerprint density at radius 2 is 1.83 bits per heavy atom. The molecule has 0 aliphatic heterocycles. The first-order chi connectivity index (χ1) is 11.1. The molecule has 23 heavy (non-hydrogen) atoms. The number of pyridine rings is 1. The molecule has 0 atom stereocenters. The van der Waals surface area contributed by atoms with Gasteiger partial charge in [0.15, 0.2) is 0 Å². The van der Waals surface area contributed by atoms with Crippen molar-refractivity contribution in [2.24, 2.45) is 0 Å². The van der Waals surface area contributed by atoms with Crippen molar-refractivity contribution in [3.8, 4) is 0 Å². The van der Waals surface area contributed by atoms with E-state index in [2.05, 4.69) is 27.8 Å². The van der Waals surface area contributed by atoms with Crippen molar-refractivity contribution >= 4 is 45.5 Å². The summed E-state index contributed by atoms with van der Waals surface area (Å²) >= 11 is 12.0. The van der Waals surface area contributed by atoms with Gasteiger partial charge in [-0.1, -0.05) is 41.4 Å². The SMILES string of the molecule is CNc1cccc2c(NCc3ccc(Cl)c(Cl)c3)cc(C)nc12. The summed E-state index contributed by atoms with van der Waals surface area (Å²) in [7, 11) is 1.90. The highest BCUT2D eigenvalue weighted by Crippen LogP contribution is 2.29. The van der Waals surface area contributed by atoms with Gasteiger partial charge in [0.25, 0.3) is 0 Å². The fourth-order valence-electron chi connectivity index (χ4n) is 2.57. The van der Waals surface area contributed by atoms with E-state index in [1.165, 1.54) is 0 Å². The molecule has 0 saturated carbocycles. The lowest BCUT2D eigenvalue weighted by Crippen LogP contribution is -2.02. The fourth-order valence-corrected chi connectivity index (χ4v) is 2.89. The number of hydrogen-bond acceptors (Lipinski definition) is 3. The average molecular weight is 346 g/mol. The Labute approximate surface area is 145 Å². The van der Waals surface area contributed by atoms with Gasteiger partial charge in [-0.25, -0.2) is 0 Å². The van der Waals surface area contributed by atoms with Crippen LogP contribution in [0.15, 0.2) is 42.5 Å². The van der Waals surface area contributed by atoms with Crippen LogP contribution in [0.1, 0.15) is 11.3 Å². The lowest BCUT2D eigenvalue weighted by molar-refractivity contribution is 1.14. The maximum Gasteiger partial charge on any atom is 0.0957 e. The Hall–Kier alpha value is -1.97. The largest absolute Gasteiger partial charge is 0.386 e. The summed E-state index contributed by atoms with van der Waals surface area (Å²) < 4.78 is 0. The number of fused-ring (bicyclic) bond motifs is 1. The van der Waals surface area contributed by atoms with Gasteiger partial charge in [0.2, 0.25) is 0 Å². The van der Waals surface area contributed by atoms with E-state index < -0.39 is 0 Å². The van der Waals surface area contributed by atoms with Crippen LogP contribution in [0.4, 0.5) is 11.4 Å². The molecule has 3 aromatic rings. The van der Waals surface area contributed by atoms with Crippen LogP contribution in [0.5, 0.6) is 0 Å². The minimum atomic E-state index is 0.569. The highest BCUT2D eigenvalue weighted by molar-refractivity contribution is 6.42. The Morgan fingerprint density at radius 1 is 1.00 bits per heavy atom. The van der Waals surface area contributed by atoms with E-state index in [-0.39, 0.29) is 0 Å². The summed E-state index contributed by atoms with van der Waals surface area (Å²) in [5, 5.41) is 8.89. The summed E-state index contributed by atoms with van der Waals surface area (Å²) in [4.78, 5) is 4.65. The van der Waals surface area contributed by atoms with Gasteiger partial charge in [0, 0.05) is 30.4 Å². The predicted molar refractivity (Wildman–Crippen MR) is 99.8 cm³/mol. The fraction of sp³-hybridized carbons (Fsp3) is 0.167. The molecule has 0 saturated heterocycles. The van der Waals surface area contributed by atoms with Crippen molar-refractivity contribution in [3.63, 3.8) is 0 Å². The van der Waals surface area contributed by atoms with Crippen molar-refractivity contribution in [1.82, 2.24) is 4.98 Å². The lowest BCUT2D eigenvalue weighted by atomic mass is 10.1. The van der Waals surface area contributed by atoms with Crippen molar-refractivity contribution in [2.75, 3.05) is 17.7 Å². The number of nitrogens with zero attached hydrogens (tertiary/aromatic N) is 1. The van der Waals surface area contributed by atoms with E-state index >= 15 is 0 Å². The first-order valence-electron chi connectivity index (χ1n) is 7.34. The number of aryl methyl sites for hydroxylation is 1. The van der Waals surface area contributed by atoms with Gasteiger partial charge in [-0.3, -0.25) is 4.98 Å². The van der Waals surface area contributed by atoms with Gasteiger partial charge in [0.05, 0.1) is 21.2 Å². The Balaban J connectivity index is 1.94. The maximum atomic E-state index is 6.08. The van der Waals surface area contributed by atoms with Gasteiger partial charge in [-0.05, 0) is 36.8 Å². The van der Waals surface area contributed by atoms with Gasteiger partial charge in [-0.2, -0.15) is 0 Å². The second kappa shape index (κ2) is 6.65. The minimum Gasteiger partial charge on any atom is -0.386 e. The highest BCUT2D eigenvalue weighted by Gasteiger charge is 2.08. The molecule has 3 nitrogen and oxygen atoms in total. The number of benzene rings is 2. The summed E-state index contributed by atoms with van der Waals surface area (Å²) in [5.41, 5.74) is 5.08. The van der Waals surface area contributed by atoms with E-state index in [9.17, 15) is 0 Å². The number of aromatic nitrogens is 1. The van der Waals surface area contributed by atoms with E-state index in [0.29, 0.717) is 16.6 Å². The Morgan fingerprint density at radius 3 is 2.57 bits per heavy atom. The molecular weight excluding hydrogens is 329 g/mol. The molecule has 0 aliphatic carbocycles. The monoisotopic (exact) mass is 345 g/mol. The van der Waals surface area contributed by atoms with Gasteiger partial charge < -0.3 is 10.6 Å². The summed E-state index contributed by atoms with van der Waals surface area (Å²) in [5.74, 6) is 0. The van der Waals surface area contributed by atoms with Gasteiger partial charge >= 0.3 is 0 Å². The van der Waals surface area contributed by atoms with Crippen LogP contribution in [0.25, 0.3) is 10.9 Å². The van der Waals surface area contributed by atoms with Crippen molar-refractivity contribution < 1.29 is 0 Å². The van der Waals surface area contributed by atoms with Crippen LogP contribution < -0.4 is 10.6 Å². The third-order valence-corrected chi connectivity index (χ3v) is 4.44. The predicted octanol–water partition coefficient (Wildman–Crippen LogP) is 5.50. The van der Waals surface area contributed by atoms with Crippen molar-refractivity contribution in [3.05, 3.63) is 63.8 Å². The molecule has 118 valence electrons. The van der Waals surface area contributed by atoms with Crippen LogP contribution in [0.2, 0.25) is 10.0 Å². The molecule has 0 spiro atoms. The molecule has 5 heteroatoms. The third kappa shape index (κ3) is 3.36. The zero-order valence-electron chi connectivity index (χ0n) is 13.0. The normalized spacial score (nSPS) is 10.8. The van der Waals surface area contributed by atoms with Crippen LogP contribution in [-0.2, 0) is 6.54 Å². The van der Waals surface area contributed by atoms with Crippen LogP contribution in [0.3, 0.4) is 0 Å².